The number of amides is 1. The first-order chi connectivity index (χ1) is 14.1. The molecule has 1 atom stereocenters. The second kappa shape index (κ2) is 6.93. The molecule has 158 valence electrons. The van der Waals surface area contributed by atoms with Crippen LogP contribution >= 0.6 is 0 Å². The van der Waals surface area contributed by atoms with Crippen molar-refractivity contribution in [1.82, 2.24) is 4.90 Å². The lowest BCUT2D eigenvalue weighted by atomic mass is 9.80. The fourth-order valence-corrected chi connectivity index (χ4v) is 3.61. The predicted octanol–water partition coefficient (Wildman–Crippen LogP) is 3.51. The van der Waals surface area contributed by atoms with Crippen molar-refractivity contribution >= 4 is 11.9 Å². The Kier molecular flexibility index (Phi) is 4.64. The monoisotopic (exact) mass is 409 g/mol. The zero-order valence-corrected chi connectivity index (χ0v) is 18.0. The fourth-order valence-electron chi connectivity index (χ4n) is 3.61. The van der Waals surface area contributed by atoms with Crippen LogP contribution in [0.4, 0.5) is 0 Å². The third kappa shape index (κ3) is 3.44. The Hall–Kier alpha value is -3.22. The van der Waals surface area contributed by atoms with Gasteiger partial charge in [-0.2, -0.15) is 0 Å². The van der Waals surface area contributed by atoms with Crippen LogP contribution in [0.5, 0.6) is 17.2 Å². The summed E-state index contributed by atoms with van der Waals surface area (Å²) in [6.07, 6.45) is 0. The van der Waals surface area contributed by atoms with Gasteiger partial charge in [0.2, 0.25) is 0 Å². The van der Waals surface area contributed by atoms with Gasteiger partial charge in [-0.3, -0.25) is 4.79 Å². The number of hydrogen-bond donors (Lipinski definition) is 1. The number of nitrogens with zero attached hydrogens (tertiary/aromatic N) is 2. The molecule has 7 nitrogen and oxygen atoms in total. The summed E-state index contributed by atoms with van der Waals surface area (Å²) in [6, 6.07) is 11.2. The van der Waals surface area contributed by atoms with Crippen molar-refractivity contribution in [2.75, 3.05) is 27.3 Å². The van der Waals surface area contributed by atoms with E-state index in [4.69, 9.17) is 19.9 Å². The summed E-state index contributed by atoms with van der Waals surface area (Å²) in [5.74, 6) is 1.91. The van der Waals surface area contributed by atoms with Gasteiger partial charge in [0.15, 0.2) is 5.54 Å². The van der Waals surface area contributed by atoms with Gasteiger partial charge < -0.3 is 24.8 Å². The highest BCUT2D eigenvalue weighted by Crippen LogP contribution is 2.51. The molecule has 2 aliphatic rings. The second-order valence-corrected chi connectivity index (χ2v) is 9.12. The molecule has 0 bridgehead atoms. The maximum absolute atomic E-state index is 12.6. The SMILES string of the molecule is CN(C)C(=O)c1ccc2c(c1)C1(COC(N)=N1)c1cc(OCC(C)(C)C)ccc1O2. The minimum atomic E-state index is -0.892. The average Bonchev–Trinajstić information content (AvgIpc) is 3.08. The summed E-state index contributed by atoms with van der Waals surface area (Å²) in [5.41, 5.74) is 7.16. The summed E-state index contributed by atoms with van der Waals surface area (Å²) in [6.45, 7) is 7.15. The van der Waals surface area contributed by atoms with Crippen molar-refractivity contribution in [3.8, 4) is 17.2 Å². The van der Waals surface area contributed by atoms with E-state index >= 15 is 0 Å². The lowest BCUT2D eigenvalue weighted by Crippen LogP contribution is -2.32. The Morgan fingerprint density at radius 2 is 1.83 bits per heavy atom. The standard InChI is InChI=1S/C23H27N3O4/c1-22(2,3)12-28-15-7-9-19-17(11-15)23(13-29-21(24)25-23)16-10-14(20(27)26(4)5)6-8-18(16)30-19/h6-11H,12-13H2,1-5H3,(H2,24,25). The summed E-state index contributed by atoms with van der Waals surface area (Å²) < 4.78 is 17.8. The molecule has 1 amide bonds. The number of ether oxygens (including phenoxy) is 3. The van der Waals surface area contributed by atoms with Crippen LogP contribution in [0.2, 0.25) is 0 Å². The van der Waals surface area contributed by atoms with E-state index in [0.29, 0.717) is 23.7 Å². The Labute approximate surface area is 176 Å². The number of carbonyl (C=O) groups excluding carboxylic acids is 1. The van der Waals surface area contributed by atoms with Gasteiger partial charge in [0.05, 0.1) is 6.61 Å². The first-order valence-electron chi connectivity index (χ1n) is 9.89. The Morgan fingerprint density at radius 3 is 2.43 bits per heavy atom. The van der Waals surface area contributed by atoms with Gasteiger partial charge in [0.1, 0.15) is 23.9 Å². The lowest BCUT2D eigenvalue weighted by Gasteiger charge is -2.34. The molecule has 1 unspecified atom stereocenters. The van der Waals surface area contributed by atoms with E-state index in [9.17, 15) is 4.79 Å². The molecular weight excluding hydrogens is 382 g/mol. The van der Waals surface area contributed by atoms with Crippen LogP contribution < -0.4 is 15.2 Å². The van der Waals surface area contributed by atoms with Crippen molar-refractivity contribution in [2.24, 2.45) is 16.1 Å². The molecule has 2 aromatic rings. The maximum atomic E-state index is 12.6. The highest BCUT2D eigenvalue weighted by molar-refractivity contribution is 5.94. The molecule has 1 spiro atoms. The predicted molar refractivity (Wildman–Crippen MR) is 114 cm³/mol. The number of benzene rings is 2. The zero-order valence-electron chi connectivity index (χ0n) is 18.0. The largest absolute Gasteiger partial charge is 0.493 e. The van der Waals surface area contributed by atoms with E-state index in [1.54, 1.807) is 26.2 Å². The molecule has 2 N–H and O–H groups in total. The molecule has 30 heavy (non-hydrogen) atoms. The molecule has 0 radical (unpaired) electrons. The molecule has 2 heterocycles. The molecule has 7 heteroatoms. The molecule has 0 saturated heterocycles. The van der Waals surface area contributed by atoms with Gasteiger partial charge in [-0.05, 0) is 41.8 Å². The normalized spacial score (nSPS) is 19.3. The van der Waals surface area contributed by atoms with Gasteiger partial charge in [-0.1, -0.05) is 20.8 Å². The zero-order chi connectivity index (χ0) is 21.7. The van der Waals surface area contributed by atoms with Crippen molar-refractivity contribution in [1.29, 1.82) is 0 Å². The molecule has 0 fully saturated rings. The fraction of sp³-hybridized carbons (Fsp3) is 0.391. The third-order valence-electron chi connectivity index (χ3n) is 5.10. The number of carbonyl (C=O) groups is 1. The van der Waals surface area contributed by atoms with Crippen LogP contribution in [-0.2, 0) is 10.3 Å². The highest BCUT2D eigenvalue weighted by Gasteiger charge is 2.47. The van der Waals surface area contributed by atoms with Crippen LogP contribution in [-0.4, -0.2) is 44.1 Å². The Balaban J connectivity index is 1.83. The van der Waals surface area contributed by atoms with Crippen molar-refractivity contribution in [2.45, 2.75) is 26.3 Å². The van der Waals surface area contributed by atoms with Gasteiger partial charge in [0, 0.05) is 30.8 Å². The Bertz CT molecular complexity index is 1040. The number of fused-ring (bicyclic) bond motifs is 4. The van der Waals surface area contributed by atoms with E-state index in [1.165, 1.54) is 4.90 Å². The molecule has 0 aromatic heterocycles. The van der Waals surface area contributed by atoms with E-state index in [2.05, 4.69) is 25.8 Å². The highest BCUT2D eigenvalue weighted by atomic mass is 16.5. The second-order valence-electron chi connectivity index (χ2n) is 9.12. The topological polar surface area (TPSA) is 86.4 Å². The lowest BCUT2D eigenvalue weighted by molar-refractivity contribution is 0.0827. The first-order valence-corrected chi connectivity index (χ1v) is 9.89. The van der Waals surface area contributed by atoms with Crippen LogP contribution in [0.1, 0.15) is 42.3 Å². The van der Waals surface area contributed by atoms with Crippen molar-refractivity contribution < 1.29 is 19.0 Å². The Morgan fingerprint density at radius 1 is 1.17 bits per heavy atom. The van der Waals surface area contributed by atoms with Gasteiger partial charge in [0.25, 0.3) is 11.9 Å². The van der Waals surface area contributed by atoms with E-state index in [1.807, 2.05) is 24.3 Å². The summed E-state index contributed by atoms with van der Waals surface area (Å²) in [5, 5.41) is 0. The average molecular weight is 409 g/mol. The summed E-state index contributed by atoms with van der Waals surface area (Å²) in [7, 11) is 3.44. The summed E-state index contributed by atoms with van der Waals surface area (Å²) in [4.78, 5) is 18.8. The minimum absolute atomic E-state index is 0.0250. The molecule has 4 rings (SSSR count). The smallest absolute Gasteiger partial charge is 0.283 e. The molecule has 0 saturated carbocycles. The van der Waals surface area contributed by atoms with E-state index < -0.39 is 5.54 Å². The third-order valence-corrected chi connectivity index (χ3v) is 5.10. The first kappa shape index (κ1) is 20.1. The van der Waals surface area contributed by atoms with E-state index in [-0.39, 0.29) is 24.0 Å². The van der Waals surface area contributed by atoms with Gasteiger partial charge in [-0.25, -0.2) is 4.99 Å². The number of amidine groups is 1. The molecule has 2 aromatic carbocycles. The quantitative estimate of drug-likeness (QED) is 0.838. The van der Waals surface area contributed by atoms with Crippen LogP contribution in [0.25, 0.3) is 0 Å². The molecule has 0 aliphatic carbocycles. The van der Waals surface area contributed by atoms with Crippen LogP contribution in [0.15, 0.2) is 41.4 Å². The van der Waals surface area contributed by atoms with Gasteiger partial charge >= 0.3 is 0 Å². The number of aliphatic imine (C=N–C) groups is 1. The number of nitrogens with two attached hydrogens (primary N) is 1. The maximum Gasteiger partial charge on any atom is 0.283 e. The molecular formula is C23H27N3O4. The van der Waals surface area contributed by atoms with Crippen molar-refractivity contribution in [3.05, 3.63) is 53.1 Å². The van der Waals surface area contributed by atoms with Gasteiger partial charge in [-0.15, -0.1) is 0 Å². The summed E-state index contributed by atoms with van der Waals surface area (Å²) >= 11 is 0. The number of hydrogen-bond acceptors (Lipinski definition) is 6. The van der Waals surface area contributed by atoms with Crippen LogP contribution in [0, 0.1) is 5.41 Å². The molecule has 2 aliphatic heterocycles. The number of rotatable bonds is 3. The van der Waals surface area contributed by atoms with Crippen molar-refractivity contribution in [3.63, 3.8) is 0 Å². The minimum Gasteiger partial charge on any atom is -0.493 e. The van der Waals surface area contributed by atoms with E-state index in [0.717, 1.165) is 16.9 Å². The van der Waals surface area contributed by atoms with Crippen LogP contribution in [0.3, 0.4) is 0 Å².